The molecule has 0 saturated heterocycles. The first-order chi connectivity index (χ1) is 4.77. The minimum absolute atomic E-state index is 0.182. The third-order valence-corrected chi connectivity index (χ3v) is 0.931. The monoisotopic (exact) mass is 148 g/mol. The standard InChI is InChI=1S/C7H16O3/c1-7(2)10-6-9-5-3-4-8/h7-8H,3-6H2,1-2H3. The Kier molecular flexibility index (Phi) is 6.91. The van der Waals surface area contributed by atoms with Crippen molar-refractivity contribution in [3.63, 3.8) is 0 Å². The molecule has 0 unspecified atom stereocenters. The molecule has 3 heteroatoms. The Labute approximate surface area is 62.0 Å². The van der Waals surface area contributed by atoms with Crippen molar-refractivity contribution in [2.75, 3.05) is 20.0 Å². The summed E-state index contributed by atoms with van der Waals surface area (Å²) in [5.41, 5.74) is 0. The Morgan fingerprint density at radius 2 is 2.10 bits per heavy atom. The highest BCUT2D eigenvalue weighted by Gasteiger charge is 1.91. The van der Waals surface area contributed by atoms with Crippen LogP contribution in [0.5, 0.6) is 0 Å². The molecule has 0 saturated carbocycles. The summed E-state index contributed by atoms with van der Waals surface area (Å²) in [4.78, 5) is 0. The lowest BCUT2D eigenvalue weighted by Gasteiger charge is -2.06. The normalized spacial score (nSPS) is 10.8. The van der Waals surface area contributed by atoms with Gasteiger partial charge in [-0.3, -0.25) is 0 Å². The topological polar surface area (TPSA) is 38.7 Å². The molecule has 0 fully saturated rings. The minimum Gasteiger partial charge on any atom is -0.396 e. The summed E-state index contributed by atoms with van der Waals surface area (Å²) in [6.45, 7) is 4.99. The maximum absolute atomic E-state index is 8.35. The second-order valence-electron chi connectivity index (χ2n) is 2.32. The summed E-state index contributed by atoms with van der Waals surface area (Å²) in [6, 6.07) is 0. The first-order valence-electron chi connectivity index (χ1n) is 3.57. The lowest BCUT2D eigenvalue weighted by atomic mass is 10.5. The van der Waals surface area contributed by atoms with Crippen molar-refractivity contribution in [3.05, 3.63) is 0 Å². The van der Waals surface area contributed by atoms with Gasteiger partial charge in [0.25, 0.3) is 0 Å². The van der Waals surface area contributed by atoms with Crippen molar-refractivity contribution in [1.29, 1.82) is 0 Å². The van der Waals surface area contributed by atoms with E-state index in [1.54, 1.807) is 0 Å². The lowest BCUT2D eigenvalue weighted by Crippen LogP contribution is -2.08. The molecule has 0 amide bonds. The van der Waals surface area contributed by atoms with E-state index in [9.17, 15) is 0 Å². The highest BCUT2D eigenvalue weighted by Crippen LogP contribution is 1.88. The van der Waals surface area contributed by atoms with E-state index in [0.29, 0.717) is 19.8 Å². The third-order valence-electron chi connectivity index (χ3n) is 0.931. The fourth-order valence-corrected chi connectivity index (χ4v) is 0.410. The average molecular weight is 148 g/mol. The zero-order chi connectivity index (χ0) is 7.82. The van der Waals surface area contributed by atoms with Crippen molar-refractivity contribution in [2.45, 2.75) is 26.4 Å². The predicted octanol–water partition coefficient (Wildman–Crippen LogP) is 0.768. The molecule has 0 heterocycles. The maximum Gasteiger partial charge on any atom is 0.147 e. The van der Waals surface area contributed by atoms with Crippen molar-refractivity contribution in [1.82, 2.24) is 0 Å². The average Bonchev–Trinajstić information content (AvgIpc) is 1.87. The van der Waals surface area contributed by atoms with Gasteiger partial charge in [0.2, 0.25) is 0 Å². The largest absolute Gasteiger partial charge is 0.396 e. The molecule has 0 aliphatic carbocycles. The Balaban J connectivity index is 2.77. The number of aliphatic hydroxyl groups is 1. The van der Waals surface area contributed by atoms with Gasteiger partial charge >= 0.3 is 0 Å². The summed E-state index contributed by atoms with van der Waals surface area (Å²) in [7, 11) is 0. The van der Waals surface area contributed by atoms with Crippen molar-refractivity contribution in [3.8, 4) is 0 Å². The van der Waals surface area contributed by atoms with E-state index in [-0.39, 0.29) is 12.7 Å². The number of hydrogen-bond acceptors (Lipinski definition) is 3. The van der Waals surface area contributed by atoms with Gasteiger partial charge in [0.05, 0.1) is 12.7 Å². The van der Waals surface area contributed by atoms with Crippen LogP contribution in [0.4, 0.5) is 0 Å². The molecule has 0 radical (unpaired) electrons. The molecule has 0 aliphatic rings. The molecule has 0 aromatic rings. The van der Waals surface area contributed by atoms with Crippen molar-refractivity contribution < 1.29 is 14.6 Å². The van der Waals surface area contributed by atoms with Crippen LogP contribution in [0.1, 0.15) is 20.3 Å². The Morgan fingerprint density at radius 1 is 1.40 bits per heavy atom. The Bertz CT molecular complexity index is 63.9. The molecule has 0 aromatic carbocycles. The van der Waals surface area contributed by atoms with Gasteiger partial charge in [-0.05, 0) is 20.3 Å². The van der Waals surface area contributed by atoms with Gasteiger partial charge in [0.1, 0.15) is 6.79 Å². The number of ether oxygens (including phenoxy) is 2. The van der Waals surface area contributed by atoms with Crippen LogP contribution in [0.3, 0.4) is 0 Å². The molecule has 0 aromatic heterocycles. The van der Waals surface area contributed by atoms with Gasteiger partial charge in [0, 0.05) is 6.61 Å². The smallest absolute Gasteiger partial charge is 0.147 e. The summed E-state index contributed by atoms with van der Waals surface area (Å²) < 4.78 is 10.1. The fraction of sp³-hybridized carbons (Fsp3) is 1.00. The number of hydrogen-bond donors (Lipinski definition) is 1. The molecule has 0 bridgehead atoms. The third kappa shape index (κ3) is 7.88. The Hall–Kier alpha value is -0.120. The van der Waals surface area contributed by atoms with E-state index in [0.717, 1.165) is 0 Å². The van der Waals surface area contributed by atoms with Crippen LogP contribution in [-0.4, -0.2) is 31.2 Å². The zero-order valence-electron chi connectivity index (χ0n) is 6.67. The molecular formula is C7H16O3. The molecule has 0 spiro atoms. The quantitative estimate of drug-likeness (QED) is 0.446. The number of rotatable bonds is 6. The van der Waals surface area contributed by atoms with E-state index >= 15 is 0 Å². The van der Waals surface area contributed by atoms with E-state index in [1.165, 1.54) is 0 Å². The second-order valence-corrected chi connectivity index (χ2v) is 2.32. The lowest BCUT2D eigenvalue weighted by molar-refractivity contribution is -0.0803. The molecule has 0 aliphatic heterocycles. The molecule has 10 heavy (non-hydrogen) atoms. The van der Waals surface area contributed by atoms with E-state index in [4.69, 9.17) is 14.6 Å². The van der Waals surface area contributed by atoms with Crippen molar-refractivity contribution in [2.24, 2.45) is 0 Å². The summed E-state index contributed by atoms with van der Waals surface area (Å²) in [6.07, 6.45) is 0.899. The van der Waals surface area contributed by atoms with Gasteiger partial charge in [-0.2, -0.15) is 0 Å². The highest BCUT2D eigenvalue weighted by molar-refractivity contribution is 4.32. The van der Waals surface area contributed by atoms with Gasteiger partial charge in [0.15, 0.2) is 0 Å². The fourth-order valence-electron chi connectivity index (χ4n) is 0.410. The van der Waals surface area contributed by atoms with Gasteiger partial charge < -0.3 is 14.6 Å². The van der Waals surface area contributed by atoms with Crippen LogP contribution in [0.15, 0.2) is 0 Å². The summed E-state index contributed by atoms with van der Waals surface area (Å²) in [5.74, 6) is 0. The van der Waals surface area contributed by atoms with Crippen molar-refractivity contribution >= 4 is 0 Å². The van der Waals surface area contributed by atoms with Crippen LogP contribution in [0.2, 0.25) is 0 Å². The minimum atomic E-state index is 0.182. The molecule has 3 nitrogen and oxygen atoms in total. The first-order valence-corrected chi connectivity index (χ1v) is 3.57. The molecule has 0 atom stereocenters. The zero-order valence-corrected chi connectivity index (χ0v) is 6.67. The predicted molar refractivity (Wildman–Crippen MR) is 38.7 cm³/mol. The molecule has 0 rings (SSSR count). The molecular weight excluding hydrogens is 132 g/mol. The van der Waals surface area contributed by atoms with Gasteiger partial charge in [-0.1, -0.05) is 0 Å². The number of aliphatic hydroxyl groups excluding tert-OH is 1. The van der Waals surface area contributed by atoms with E-state index in [2.05, 4.69) is 0 Å². The molecule has 62 valence electrons. The SMILES string of the molecule is CC(C)OCOCCCO. The Morgan fingerprint density at radius 3 is 2.60 bits per heavy atom. The second kappa shape index (κ2) is 6.99. The molecule has 1 N–H and O–H groups in total. The van der Waals surface area contributed by atoms with Crippen LogP contribution in [0.25, 0.3) is 0 Å². The van der Waals surface area contributed by atoms with Crippen LogP contribution < -0.4 is 0 Å². The van der Waals surface area contributed by atoms with E-state index < -0.39 is 0 Å². The van der Waals surface area contributed by atoms with Crippen LogP contribution >= 0.6 is 0 Å². The maximum atomic E-state index is 8.35. The highest BCUT2D eigenvalue weighted by atomic mass is 16.7. The summed E-state index contributed by atoms with van der Waals surface area (Å²) >= 11 is 0. The van der Waals surface area contributed by atoms with Gasteiger partial charge in [-0.15, -0.1) is 0 Å². The summed E-state index contributed by atoms with van der Waals surface area (Å²) in [5, 5.41) is 8.35. The van der Waals surface area contributed by atoms with Crippen LogP contribution in [0, 0.1) is 0 Å². The van der Waals surface area contributed by atoms with E-state index in [1.807, 2.05) is 13.8 Å². The first kappa shape index (κ1) is 9.88. The van der Waals surface area contributed by atoms with Crippen LogP contribution in [-0.2, 0) is 9.47 Å². The van der Waals surface area contributed by atoms with Gasteiger partial charge in [-0.25, -0.2) is 0 Å².